The van der Waals surface area contributed by atoms with Gasteiger partial charge in [-0.3, -0.25) is 14.3 Å². The molecule has 1 fully saturated rings. The Bertz CT molecular complexity index is 540. The molecule has 0 aromatic carbocycles. The lowest BCUT2D eigenvalue weighted by molar-refractivity contribution is -0.139. The molecule has 2 unspecified atom stereocenters. The normalized spacial score (nSPS) is 18.8. The molecule has 0 spiro atoms. The van der Waals surface area contributed by atoms with E-state index in [0.717, 1.165) is 6.42 Å². The number of nitrogens with zero attached hydrogens (tertiary/aromatic N) is 3. The van der Waals surface area contributed by atoms with E-state index in [-0.39, 0.29) is 17.7 Å². The first kappa shape index (κ1) is 17.5. The zero-order valence-electron chi connectivity index (χ0n) is 13.7. The number of rotatable bonds is 6. The number of anilines is 1. The Morgan fingerprint density at radius 1 is 1.35 bits per heavy atom. The maximum atomic E-state index is 12.9. The Morgan fingerprint density at radius 2 is 2.04 bits per heavy atom. The molecule has 1 aliphatic rings. The molecule has 0 saturated carbocycles. The summed E-state index contributed by atoms with van der Waals surface area (Å²) in [5.41, 5.74) is 0. The molecule has 2 heterocycles. The SMILES string of the molecule is CSNC(=O)C1CCCN1C(=O)C(Nc1ncccn1)C(C)C. The van der Waals surface area contributed by atoms with Crippen LogP contribution in [-0.2, 0) is 9.59 Å². The van der Waals surface area contributed by atoms with Gasteiger partial charge in [-0.2, -0.15) is 0 Å². The summed E-state index contributed by atoms with van der Waals surface area (Å²) < 4.78 is 2.73. The molecular weight excluding hydrogens is 314 g/mol. The van der Waals surface area contributed by atoms with E-state index in [1.54, 1.807) is 29.6 Å². The van der Waals surface area contributed by atoms with Crippen LogP contribution in [0.25, 0.3) is 0 Å². The van der Waals surface area contributed by atoms with E-state index in [0.29, 0.717) is 18.9 Å². The molecule has 2 amide bonds. The summed E-state index contributed by atoms with van der Waals surface area (Å²) in [5.74, 6) is 0.285. The van der Waals surface area contributed by atoms with Crippen molar-refractivity contribution in [3.63, 3.8) is 0 Å². The average Bonchev–Trinajstić information content (AvgIpc) is 3.02. The Kier molecular flexibility index (Phi) is 6.20. The van der Waals surface area contributed by atoms with E-state index in [4.69, 9.17) is 0 Å². The van der Waals surface area contributed by atoms with Crippen molar-refractivity contribution in [2.45, 2.75) is 38.8 Å². The van der Waals surface area contributed by atoms with Gasteiger partial charge in [-0.05, 0) is 24.8 Å². The second-order valence-corrected chi connectivity index (χ2v) is 6.41. The van der Waals surface area contributed by atoms with Crippen molar-refractivity contribution in [1.29, 1.82) is 0 Å². The minimum absolute atomic E-state index is 0.0520. The molecule has 1 aliphatic heterocycles. The van der Waals surface area contributed by atoms with Gasteiger partial charge in [-0.25, -0.2) is 9.97 Å². The summed E-state index contributed by atoms with van der Waals surface area (Å²) in [6.07, 6.45) is 6.59. The van der Waals surface area contributed by atoms with E-state index in [9.17, 15) is 9.59 Å². The number of carbonyl (C=O) groups is 2. The largest absolute Gasteiger partial charge is 0.342 e. The van der Waals surface area contributed by atoms with Gasteiger partial charge in [0, 0.05) is 25.2 Å². The van der Waals surface area contributed by atoms with Crippen molar-refractivity contribution in [2.24, 2.45) is 5.92 Å². The minimum atomic E-state index is -0.458. The monoisotopic (exact) mass is 337 g/mol. The molecule has 1 saturated heterocycles. The lowest BCUT2D eigenvalue weighted by Gasteiger charge is -2.30. The summed E-state index contributed by atoms with van der Waals surface area (Å²) in [6, 6.07) is 0.871. The maximum Gasteiger partial charge on any atom is 0.252 e. The van der Waals surface area contributed by atoms with Crippen molar-refractivity contribution < 1.29 is 9.59 Å². The molecule has 2 atom stereocenters. The summed E-state index contributed by atoms with van der Waals surface area (Å²) in [6.45, 7) is 4.53. The summed E-state index contributed by atoms with van der Waals surface area (Å²) in [4.78, 5) is 35.0. The van der Waals surface area contributed by atoms with E-state index >= 15 is 0 Å². The van der Waals surface area contributed by atoms with E-state index in [1.807, 2.05) is 13.8 Å². The first-order valence-corrected chi connectivity index (χ1v) is 8.94. The Labute approximate surface area is 140 Å². The van der Waals surface area contributed by atoms with Crippen LogP contribution in [0.5, 0.6) is 0 Å². The third-order valence-corrected chi connectivity index (χ3v) is 4.23. The van der Waals surface area contributed by atoms with Crippen LogP contribution in [0, 0.1) is 5.92 Å². The number of amides is 2. The van der Waals surface area contributed by atoms with Gasteiger partial charge in [-0.1, -0.05) is 25.8 Å². The lowest BCUT2D eigenvalue weighted by atomic mass is 10.0. The fourth-order valence-corrected chi connectivity index (χ4v) is 3.01. The van der Waals surface area contributed by atoms with Gasteiger partial charge in [0.15, 0.2) is 0 Å². The molecule has 0 bridgehead atoms. The van der Waals surface area contributed by atoms with Gasteiger partial charge in [0.1, 0.15) is 12.1 Å². The highest BCUT2D eigenvalue weighted by Gasteiger charge is 2.38. The molecule has 1 aromatic rings. The van der Waals surface area contributed by atoms with Gasteiger partial charge in [0.05, 0.1) is 0 Å². The van der Waals surface area contributed by atoms with Gasteiger partial charge in [0.25, 0.3) is 5.91 Å². The van der Waals surface area contributed by atoms with Crippen LogP contribution >= 0.6 is 11.9 Å². The highest BCUT2D eigenvalue weighted by atomic mass is 32.2. The van der Waals surface area contributed by atoms with E-state index in [1.165, 1.54) is 11.9 Å². The Balaban J connectivity index is 2.12. The predicted octanol–water partition coefficient (Wildman–Crippen LogP) is 1.30. The third-order valence-electron chi connectivity index (χ3n) is 3.82. The topological polar surface area (TPSA) is 87.2 Å². The zero-order chi connectivity index (χ0) is 16.8. The minimum Gasteiger partial charge on any atom is -0.342 e. The summed E-state index contributed by atoms with van der Waals surface area (Å²) in [7, 11) is 0. The fraction of sp³-hybridized carbons (Fsp3) is 0.600. The quantitative estimate of drug-likeness (QED) is 0.761. The van der Waals surface area contributed by atoms with Gasteiger partial charge in [0.2, 0.25) is 11.9 Å². The fourth-order valence-electron chi connectivity index (χ4n) is 2.68. The van der Waals surface area contributed by atoms with Gasteiger partial charge >= 0.3 is 0 Å². The molecule has 126 valence electrons. The molecule has 1 aromatic heterocycles. The number of aromatic nitrogens is 2. The second-order valence-electron chi connectivity index (χ2n) is 5.80. The van der Waals surface area contributed by atoms with Crippen LogP contribution in [0.1, 0.15) is 26.7 Å². The van der Waals surface area contributed by atoms with Crippen molar-refractivity contribution in [3.8, 4) is 0 Å². The predicted molar refractivity (Wildman–Crippen MR) is 90.7 cm³/mol. The molecule has 0 radical (unpaired) electrons. The second kappa shape index (κ2) is 8.14. The molecular formula is C15H23N5O2S. The van der Waals surface area contributed by atoms with E-state index < -0.39 is 12.1 Å². The first-order valence-electron chi connectivity index (χ1n) is 7.71. The molecule has 7 nitrogen and oxygen atoms in total. The highest BCUT2D eigenvalue weighted by molar-refractivity contribution is 7.97. The lowest BCUT2D eigenvalue weighted by Crippen LogP contribution is -2.51. The highest BCUT2D eigenvalue weighted by Crippen LogP contribution is 2.22. The maximum absolute atomic E-state index is 12.9. The van der Waals surface area contributed by atoms with Crippen molar-refractivity contribution in [3.05, 3.63) is 18.5 Å². The summed E-state index contributed by atoms with van der Waals surface area (Å²) >= 11 is 1.25. The molecule has 8 heteroatoms. The smallest absolute Gasteiger partial charge is 0.252 e. The Morgan fingerprint density at radius 3 is 2.65 bits per heavy atom. The van der Waals surface area contributed by atoms with Crippen LogP contribution in [-0.4, -0.2) is 51.6 Å². The van der Waals surface area contributed by atoms with Gasteiger partial charge in [-0.15, -0.1) is 0 Å². The molecule has 2 rings (SSSR count). The van der Waals surface area contributed by atoms with Crippen molar-refractivity contribution in [1.82, 2.24) is 19.6 Å². The van der Waals surface area contributed by atoms with Crippen LogP contribution in [0.15, 0.2) is 18.5 Å². The standard InChI is InChI=1S/C15H23N5O2S/c1-10(2)12(18-15-16-7-5-8-17-15)14(22)20-9-4-6-11(20)13(21)19-23-3/h5,7-8,10-12H,4,6,9H2,1-3H3,(H,19,21)(H,16,17,18). The van der Waals surface area contributed by atoms with Gasteiger partial charge < -0.3 is 10.2 Å². The van der Waals surface area contributed by atoms with Crippen LogP contribution in [0.4, 0.5) is 5.95 Å². The number of hydrogen-bond donors (Lipinski definition) is 2. The number of hydrogen-bond acceptors (Lipinski definition) is 6. The zero-order valence-corrected chi connectivity index (χ0v) is 14.5. The third kappa shape index (κ3) is 4.34. The number of nitrogens with one attached hydrogen (secondary N) is 2. The molecule has 23 heavy (non-hydrogen) atoms. The van der Waals surface area contributed by atoms with Crippen LogP contribution in [0.2, 0.25) is 0 Å². The first-order chi connectivity index (χ1) is 11.0. The van der Waals surface area contributed by atoms with Crippen LogP contribution in [0.3, 0.4) is 0 Å². The summed E-state index contributed by atoms with van der Waals surface area (Å²) in [5, 5.41) is 3.10. The van der Waals surface area contributed by atoms with Crippen molar-refractivity contribution in [2.75, 3.05) is 18.1 Å². The van der Waals surface area contributed by atoms with Crippen molar-refractivity contribution >= 4 is 29.7 Å². The number of carbonyl (C=O) groups excluding carboxylic acids is 2. The number of likely N-dealkylation sites (tertiary alicyclic amines) is 1. The molecule has 0 aliphatic carbocycles. The average molecular weight is 337 g/mol. The molecule has 2 N–H and O–H groups in total. The van der Waals surface area contributed by atoms with E-state index in [2.05, 4.69) is 20.0 Å². The Hall–Kier alpha value is -1.83. The van der Waals surface area contributed by atoms with Crippen LogP contribution < -0.4 is 10.0 Å².